The number of benzene rings is 1. The zero-order valence-corrected chi connectivity index (χ0v) is 17.5. The molecule has 2 aliphatic rings. The van der Waals surface area contributed by atoms with Crippen molar-refractivity contribution in [2.24, 2.45) is 5.41 Å². The van der Waals surface area contributed by atoms with E-state index in [-0.39, 0.29) is 17.4 Å². The van der Waals surface area contributed by atoms with E-state index in [0.29, 0.717) is 5.88 Å². The fourth-order valence-electron chi connectivity index (χ4n) is 4.64. The van der Waals surface area contributed by atoms with Crippen molar-refractivity contribution in [1.29, 1.82) is 0 Å². The van der Waals surface area contributed by atoms with E-state index in [1.54, 1.807) is 18.6 Å². The summed E-state index contributed by atoms with van der Waals surface area (Å²) in [5, 5.41) is 0.986. The summed E-state index contributed by atoms with van der Waals surface area (Å²) in [6.07, 6.45) is 6.80. The number of likely N-dealkylation sites (tertiary alicyclic amines) is 1. The zero-order valence-electron chi connectivity index (χ0n) is 18.5. The largest absolute Gasteiger partial charge is 0.481 e. The van der Waals surface area contributed by atoms with Crippen molar-refractivity contribution >= 4 is 22.6 Å². The molecule has 3 aromatic rings. The molecule has 2 saturated heterocycles. The van der Waals surface area contributed by atoms with Crippen LogP contribution in [0.4, 0.5) is 5.82 Å². The van der Waals surface area contributed by atoms with Gasteiger partial charge in [-0.3, -0.25) is 4.79 Å². The van der Waals surface area contributed by atoms with E-state index in [1.165, 1.54) is 13.2 Å². The van der Waals surface area contributed by atoms with Crippen LogP contribution in [0.15, 0.2) is 55.5 Å². The molecule has 1 amide bonds. The van der Waals surface area contributed by atoms with Gasteiger partial charge in [-0.25, -0.2) is 15.0 Å². The molecule has 1 aromatic carbocycles. The predicted octanol–water partition coefficient (Wildman–Crippen LogP) is 3.32. The summed E-state index contributed by atoms with van der Waals surface area (Å²) >= 11 is 0. The van der Waals surface area contributed by atoms with Gasteiger partial charge in [0, 0.05) is 54.8 Å². The molecule has 7 nitrogen and oxygen atoms in total. The molecule has 4 heterocycles. The Hall–Kier alpha value is -3.48. The van der Waals surface area contributed by atoms with Crippen LogP contribution in [-0.4, -0.2) is 59.0 Å². The lowest BCUT2D eigenvalue weighted by atomic mass is 9.72. The molecule has 7 heteroatoms. The Morgan fingerprint density at radius 1 is 1.19 bits per heavy atom. The van der Waals surface area contributed by atoms with Crippen LogP contribution >= 0.6 is 0 Å². The van der Waals surface area contributed by atoms with Crippen molar-refractivity contribution < 1.29 is 10.9 Å². The maximum absolute atomic E-state index is 11.8. The predicted molar refractivity (Wildman–Crippen MR) is 120 cm³/mol. The molecular formula is C24H25N5O2. The van der Waals surface area contributed by atoms with E-state index >= 15 is 0 Å². The Bertz CT molecular complexity index is 1200. The number of amides is 1. The van der Waals surface area contributed by atoms with Gasteiger partial charge in [-0.1, -0.05) is 12.6 Å². The van der Waals surface area contributed by atoms with Gasteiger partial charge in [-0.2, -0.15) is 0 Å². The highest BCUT2D eigenvalue weighted by atomic mass is 16.5. The number of hydrogen-bond donors (Lipinski definition) is 0. The molecule has 1 spiro atoms. The lowest BCUT2D eigenvalue weighted by Gasteiger charge is -2.54. The van der Waals surface area contributed by atoms with Crippen molar-refractivity contribution in [1.82, 2.24) is 19.9 Å². The number of hydrogen-bond acceptors (Lipinski definition) is 6. The highest BCUT2D eigenvalue weighted by molar-refractivity contribution is 5.93. The third kappa shape index (κ3) is 3.50. The number of pyridine rings is 1. The van der Waals surface area contributed by atoms with Crippen molar-refractivity contribution in [2.45, 2.75) is 12.8 Å². The van der Waals surface area contributed by atoms with Crippen LogP contribution in [0.3, 0.4) is 0 Å². The van der Waals surface area contributed by atoms with Gasteiger partial charge >= 0.3 is 0 Å². The summed E-state index contributed by atoms with van der Waals surface area (Å²) in [4.78, 5) is 29.3. The molecule has 0 radical (unpaired) electrons. The van der Waals surface area contributed by atoms with Gasteiger partial charge in [0.15, 0.2) is 0 Å². The number of fused-ring (bicyclic) bond motifs is 1. The average molecular weight is 417 g/mol. The molecule has 0 aliphatic carbocycles. The van der Waals surface area contributed by atoms with Crippen LogP contribution in [0.1, 0.15) is 14.2 Å². The first kappa shape index (κ1) is 18.3. The van der Waals surface area contributed by atoms with E-state index in [1.807, 2.05) is 17.0 Å². The van der Waals surface area contributed by atoms with Crippen LogP contribution in [0.5, 0.6) is 5.88 Å². The van der Waals surface area contributed by atoms with E-state index in [0.717, 1.165) is 66.9 Å². The van der Waals surface area contributed by atoms with Crippen LogP contribution in [0, 0.1) is 5.41 Å². The third-order valence-electron chi connectivity index (χ3n) is 6.48. The standard InChI is InChI=1S/C24H25N5O2/c1-3-22(30)29-14-24(15-29)8-10-28(11-9-24)23-19-12-17(4-6-20(19)26-16-27-23)18-5-7-21(31-2)25-13-18/h3-7,12-13,16H,1,8-11,14-15H2,2H3/i7D. The number of ether oxygens (including phenoxy) is 1. The summed E-state index contributed by atoms with van der Waals surface area (Å²) < 4.78 is 13.2. The van der Waals surface area contributed by atoms with Gasteiger partial charge in [0.05, 0.1) is 14.0 Å². The summed E-state index contributed by atoms with van der Waals surface area (Å²) in [7, 11) is 1.51. The number of nitrogens with zero attached hydrogens (tertiary/aromatic N) is 5. The smallest absolute Gasteiger partial charge is 0.245 e. The molecule has 0 bridgehead atoms. The van der Waals surface area contributed by atoms with Crippen LogP contribution in [-0.2, 0) is 4.79 Å². The highest BCUT2D eigenvalue weighted by Gasteiger charge is 2.46. The molecule has 2 fully saturated rings. The lowest BCUT2D eigenvalue weighted by molar-refractivity contribution is -0.139. The maximum Gasteiger partial charge on any atom is 0.245 e. The summed E-state index contributed by atoms with van der Waals surface area (Å²) in [5.74, 6) is 1.26. The minimum Gasteiger partial charge on any atom is -0.481 e. The van der Waals surface area contributed by atoms with Crippen LogP contribution < -0.4 is 9.64 Å². The second-order valence-corrected chi connectivity index (χ2v) is 8.33. The van der Waals surface area contributed by atoms with Crippen molar-refractivity contribution in [3.8, 4) is 17.0 Å². The van der Waals surface area contributed by atoms with Crippen LogP contribution in [0.25, 0.3) is 22.0 Å². The molecule has 2 aromatic heterocycles. The number of anilines is 1. The molecule has 31 heavy (non-hydrogen) atoms. The molecule has 158 valence electrons. The fraction of sp³-hybridized carbons (Fsp3) is 0.333. The Labute approximate surface area is 182 Å². The SMILES string of the molecule is [2H]c1cc(-c2ccc3ncnc(N4CCC5(CC4)CN(C(=O)C=C)C5)c3c2)cnc1OC. The topological polar surface area (TPSA) is 71.5 Å². The molecule has 5 rings (SSSR count). The van der Waals surface area contributed by atoms with Gasteiger partial charge < -0.3 is 14.5 Å². The number of carbonyl (C=O) groups is 1. The van der Waals surface area contributed by atoms with Crippen molar-refractivity contribution in [3.05, 3.63) is 55.5 Å². The molecule has 2 aliphatic heterocycles. The second kappa shape index (κ2) is 7.65. The zero-order chi connectivity index (χ0) is 22.3. The van der Waals surface area contributed by atoms with Gasteiger partial charge in [0.25, 0.3) is 0 Å². The Balaban J connectivity index is 1.39. The molecule has 0 unspecified atom stereocenters. The van der Waals surface area contributed by atoms with Crippen molar-refractivity contribution in [2.75, 3.05) is 38.2 Å². The minimum atomic E-state index is 0.0243. The summed E-state index contributed by atoms with van der Waals surface area (Å²) in [6.45, 7) is 7.02. The first-order valence-electron chi connectivity index (χ1n) is 10.9. The number of rotatable bonds is 4. The molecule has 0 saturated carbocycles. The van der Waals surface area contributed by atoms with Crippen molar-refractivity contribution in [3.63, 3.8) is 0 Å². The second-order valence-electron chi connectivity index (χ2n) is 8.33. The minimum absolute atomic E-state index is 0.0243. The summed E-state index contributed by atoms with van der Waals surface area (Å²) in [5.41, 5.74) is 2.93. The first-order chi connectivity index (χ1) is 15.5. The fourth-order valence-corrected chi connectivity index (χ4v) is 4.64. The van der Waals surface area contributed by atoms with E-state index in [4.69, 9.17) is 6.11 Å². The van der Waals surface area contributed by atoms with E-state index < -0.39 is 0 Å². The Morgan fingerprint density at radius 3 is 2.71 bits per heavy atom. The molecular weight excluding hydrogens is 390 g/mol. The number of aromatic nitrogens is 3. The summed E-state index contributed by atoms with van der Waals surface area (Å²) in [6, 6.07) is 8.06. The normalized spacial score (nSPS) is 17.9. The van der Waals surface area contributed by atoms with Gasteiger partial charge in [0.2, 0.25) is 11.8 Å². The third-order valence-corrected chi connectivity index (χ3v) is 6.48. The Morgan fingerprint density at radius 2 is 2.00 bits per heavy atom. The number of piperidine rings is 1. The first-order valence-corrected chi connectivity index (χ1v) is 10.4. The highest BCUT2D eigenvalue weighted by Crippen LogP contribution is 2.42. The van der Waals surface area contributed by atoms with E-state index in [2.05, 4.69) is 32.5 Å². The number of carbonyl (C=O) groups excluding carboxylic acids is 1. The quantitative estimate of drug-likeness (QED) is 0.608. The molecule has 0 N–H and O–H groups in total. The monoisotopic (exact) mass is 416 g/mol. The van der Waals surface area contributed by atoms with Crippen LogP contribution in [0.2, 0.25) is 0 Å². The van der Waals surface area contributed by atoms with Gasteiger partial charge in [-0.15, -0.1) is 0 Å². The van der Waals surface area contributed by atoms with E-state index in [9.17, 15) is 4.79 Å². The average Bonchev–Trinajstić information content (AvgIpc) is 2.81. The maximum atomic E-state index is 11.8. The van der Waals surface area contributed by atoms with Gasteiger partial charge in [-0.05, 0) is 42.7 Å². The number of methoxy groups -OCH3 is 1. The molecule has 0 atom stereocenters. The Kier molecular flexibility index (Phi) is 4.52. The van der Waals surface area contributed by atoms with Gasteiger partial charge in [0.1, 0.15) is 12.1 Å². The lowest BCUT2D eigenvalue weighted by Crippen LogP contribution is -2.61.